The van der Waals surface area contributed by atoms with Crippen molar-refractivity contribution < 1.29 is 9.53 Å². The van der Waals surface area contributed by atoms with Gasteiger partial charge in [-0.1, -0.05) is 25.4 Å². The number of hydrogen-bond donors (Lipinski definition) is 1. The van der Waals surface area contributed by atoms with E-state index in [2.05, 4.69) is 15.3 Å². The summed E-state index contributed by atoms with van der Waals surface area (Å²) < 4.78 is 4.74. The van der Waals surface area contributed by atoms with E-state index in [1.807, 2.05) is 13.8 Å². The Labute approximate surface area is 106 Å². The highest BCUT2D eigenvalue weighted by Crippen LogP contribution is 2.20. The average molecular weight is 258 g/mol. The van der Waals surface area contributed by atoms with E-state index in [-0.39, 0.29) is 11.9 Å². The van der Waals surface area contributed by atoms with Gasteiger partial charge in [0.2, 0.25) is 0 Å². The Hall–Kier alpha value is -1.36. The smallest absolute Gasteiger partial charge is 0.328 e. The van der Waals surface area contributed by atoms with Crippen LogP contribution >= 0.6 is 11.6 Å². The van der Waals surface area contributed by atoms with E-state index in [1.54, 1.807) is 6.92 Å². The predicted octanol–water partition coefficient (Wildman–Crippen LogP) is 2.05. The zero-order chi connectivity index (χ0) is 13.0. The number of hydrogen-bond acceptors (Lipinski definition) is 5. The number of esters is 1. The van der Waals surface area contributed by atoms with Crippen molar-refractivity contribution in [2.24, 2.45) is 5.92 Å². The Kier molecular flexibility index (Phi) is 4.69. The molecule has 6 heteroatoms. The third-order valence-electron chi connectivity index (χ3n) is 2.44. The van der Waals surface area contributed by atoms with Gasteiger partial charge >= 0.3 is 5.97 Å². The highest BCUT2D eigenvalue weighted by atomic mass is 35.5. The molecule has 0 fully saturated rings. The summed E-state index contributed by atoms with van der Waals surface area (Å²) in [5, 5.41) is 3.40. The highest BCUT2D eigenvalue weighted by Gasteiger charge is 2.24. The average Bonchev–Trinajstić information content (AvgIpc) is 2.29. The maximum Gasteiger partial charge on any atom is 0.328 e. The van der Waals surface area contributed by atoms with Crippen LogP contribution in [-0.4, -0.2) is 29.1 Å². The van der Waals surface area contributed by atoms with Crippen molar-refractivity contribution in [3.63, 3.8) is 0 Å². The molecule has 0 saturated carbocycles. The number of methoxy groups -OCH3 is 1. The molecule has 1 aromatic rings. The fourth-order valence-corrected chi connectivity index (χ4v) is 1.48. The van der Waals surface area contributed by atoms with E-state index < -0.39 is 6.04 Å². The lowest BCUT2D eigenvalue weighted by Gasteiger charge is -2.21. The monoisotopic (exact) mass is 257 g/mol. The minimum absolute atomic E-state index is 0.0793. The highest BCUT2D eigenvalue weighted by molar-refractivity contribution is 6.30. The number of rotatable bonds is 4. The van der Waals surface area contributed by atoms with Crippen molar-refractivity contribution in [2.75, 3.05) is 12.4 Å². The first-order chi connectivity index (χ1) is 7.97. The van der Waals surface area contributed by atoms with Gasteiger partial charge in [0.15, 0.2) is 0 Å². The second kappa shape index (κ2) is 5.82. The van der Waals surface area contributed by atoms with Gasteiger partial charge in [-0.15, -0.1) is 0 Å². The fraction of sp³-hybridized carbons (Fsp3) is 0.545. The summed E-state index contributed by atoms with van der Waals surface area (Å²) in [6, 6.07) is -0.454. The van der Waals surface area contributed by atoms with Crippen LogP contribution in [0.2, 0.25) is 5.15 Å². The molecule has 17 heavy (non-hydrogen) atoms. The van der Waals surface area contributed by atoms with Crippen molar-refractivity contribution in [2.45, 2.75) is 26.8 Å². The summed E-state index contributed by atoms with van der Waals surface area (Å²) in [6.45, 7) is 5.64. The fourth-order valence-electron chi connectivity index (χ4n) is 1.35. The molecule has 1 aromatic heterocycles. The van der Waals surface area contributed by atoms with Gasteiger partial charge in [0.25, 0.3) is 0 Å². The topological polar surface area (TPSA) is 64.1 Å². The zero-order valence-electron chi connectivity index (χ0n) is 10.3. The SMILES string of the molecule is COC(=O)C(Nc1ncnc(Cl)c1C)C(C)C. The molecular formula is C11H16ClN3O2. The molecule has 0 aliphatic heterocycles. The molecular weight excluding hydrogens is 242 g/mol. The number of carbonyl (C=O) groups excluding carboxylic acids is 1. The van der Waals surface area contributed by atoms with Crippen molar-refractivity contribution in [1.82, 2.24) is 9.97 Å². The standard InChI is InChI=1S/C11H16ClN3O2/c1-6(2)8(11(16)17-4)15-10-7(3)9(12)13-5-14-10/h5-6,8H,1-4H3,(H,13,14,15). The van der Waals surface area contributed by atoms with Gasteiger partial charge < -0.3 is 10.1 Å². The minimum Gasteiger partial charge on any atom is -0.467 e. The van der Waals surface area contributed by atoms with E-state index in [0.717, 1.165) is 0 Å². The van der Waals surface area contributed by atoms with Crippen LogP contribution in [0.25, 0.3) is 0 Å². The van der Waals surface area contributed by atoms with Crippen molar-refractivity contribution in [1.29, 1.82) is 0 Å². The lowest BCUT2D eigenvalue weighted by Crippen LogP contribution is -2.36. The summed E-state index contributed by atoms with van der Waals surface area (Å²) in [6.07, 6.45) is 1.35. The van der Waals surface area contributed by atoms with Gasteiger partial charge in [-0.2, -0.15) is 0 Å². The molecule has 1 unspecified atom stereocenters. The second-order valence-electron chi connectivity index (χ2n) is 4.03. The molecule has 0 bridgehead atoms. The molecule has 5 nitrogen and oxygen atoms in total. The summed E-state index contributed by atoms with van der Waals surface area (Å²) in [5.41, 5.74) is 0.712. The maximum atomic E-state index is 11.6. The van der Waals surface area contributed by atoms with Gasteiger partial charge in [0.1, 0.15) is 23.3 Å². The Morgan fingerprint density at radius 3 is 2.65 bits per heavy atom. The minimum atomic E-state index is -0.454. The Morgan fingerprint density at radius 1 is 1.47 bits per heavy atom. The lowest BCUT2D eigenvalue weighted by molar-refractivity contribution is -0.142. The first kappa shape index (κ1) is 13.7. The van der Waals surface area contributed by atoms with Crippen LogP contribution in [0.4, 0.5) is 5.82 Å². The quantitative estimate of drug-likeness (QED) is 0.661. The van der Waals surface area contributed by atoms with Crippen LogP contribution in [0.1, 0.15) is 19.4 Å². The van der Waals surface area contributed by atoms with Gasteiger partial charge in [0, 0.05) is 5.56 Å². The largest absolute Gasteiger partial charge is 0.467 e. The molecule has 0 saturated heterocycles. The number of nitrogens with one attached hydrogen (secondary N) is 1. The zero-order valence-corrected chi connectivity index (χ0v) is 11.1. The van der Waals surface area contributed by atoms with Crippen molar-refractivity contribution in [3.05, 3.63) is 17.0 Å². The van der Waals surface area contributed by atoms with E-state index in [0.29, 0.717) is 16.5 Å². The number of anilines is 1. The summed E-state index contributed by atoms with van der Waals surface area (Å²) in [4.78, 5) is 19.5. The van der Waals surface area contributed by atoms with Crippen molar-refractivity contribution in [3.8, 4) is 0 Å². The molecule has 0 radical (unpaired) electrons. The Balaban J connectivity index is 2.94. The molecule has 0 aliphatic carbocycles. The number of aromatic nitrogens is 2. The number of nitrogens with zero attached hydrogens (tertiary/aromatic N) is 2. The van der Waals surface area contributed by atoms with Crippen molar-refractivity contribution >= 4 is 23.4 Å². The van der Waals surface area contributed by atoms with Gasteiger partial charge in [0.05, 0.1) is 7.11 Å². The number of halogens is 1. The van der Waals surface area contributed by atoms with Crippen LogP contribution in [0.3, 0.4) is 0 Å². The predicted molar refractivity (Wildman–Crippen MR) is 66.0 cm³/mol. The second-order valence-corrected chi connectivity index (χ2v) is 4.39. The maximum absolute atomic E-state index is 11.6. The summed E-state index contributed by atoms with van der Waals surface area (Å²) in [5.74, 6) is 0.304. The van der Waals surface area contributed by atoms with Gasteiger partial charge in [-0.3, -0.25) is 0 Å². The molecule has 94 valence electrons. The molecule has 0 aliphatic rings. The third-order valence-corrected chi connectivity index (χ3v) is 2.82. The van der Waals surface area contributed by atoms with Crippen LogP contribution in [0.15, 0.2) is 6.33 Å². The number of carbonyl (C=O) groups is 1. The van der Waals surface area contributed by atoms with Crippen LogP contribution in [0, 0.1) is 12.8 Å². The molecule has 0 spiro atoms. The lowest BCUT2D eigenvalue weighted by atomic mass is 10.0. The normalized spacial score (nSPS) is 12.4. The Bertz CT molecular complexity index is 410. The van der Waals surface area contributed by atoms with Gasteiger partial charge in [-0.05, 0) is 12.8 Å². The van der Waals surface area contributed by atoms with E-state index >= 15 is 0 Å². The van der Waals surface area contributed by atoms with E-state index in [4.69, 9.17) is 16.3 Å². The molecule has 1 atom stereocenters. The molecule has 1 N–H and O–H groups in total. The first-order valence-corrected chi connectivity index (χ1v) is 5.66. The molecule has 0 aromatic carbocycles. The Morgan fingerprint density at radius 2 is 2.12 bits per heavy atom. The van der Waals surface area contributed by atoms with Crippen LogP contribution in [0.5, 0.6) is 0 Å². The van der Waals surface area contributed by atoms with E-state index in [1.165, 1.54) is 13.4 Å². The number of ether oxygens (including phenoxy) is 1. The molecule has 0 amide bonds. The first-order valence-electron chi connectivity index (χ1n) is 5.28. The third kappa shape index (κ3) is 3.30. The summed E-state index contributed by atoms with van der Waals surface area (Å²) in [7, 11) is 1.36. The van der Waals surface area contributed by atoms with E-state index in [9.17, 15) is 4.79 Å². The van der Waals surface area contributed by atoms with Crippen LogP contribution in [-0.2, 0) is 9.53 Å². The molecule has 1 rings (SSSR count). The van der Waals surface area contributed by atoms with Crippen LogP contribution < -0.4 is 5.32 Å². The molecule has 1 heterocycles. The van der Waals surface area contributed by atoms with Gasteiger partial charge in [-0.25, -0.2) is 14.8 Å². The summed E-state index contributed by atoms with van der Waals surface area (Å²) >= 11 is 5.88.